The van der Waals surface area contributed by atoms with Crippen molar-refractivity contribution in [3.05, 3.63) is 29.1 Å². The number of anilines is 1. The third kappa shape index (κ3) is 3.14. The Labute approximate surface area is 150 Å². The van der Waals surface area contributed by atoms with Gasteiger partial charge in [0.25, 0.3) is 5.91 Å². The Morgan fingerprint density at radius 3 is 2.15 bits per heavy atom. The van der Waals surface area contributed by atoms with Crippen molar-refractivity contribution in [2.75, 3.05) is 19.0 Å². The van der Waals surface area contributed by atoms with E-state index in [-0.39, 0.29) is 23.3 Å². The molecule has 0 aliphatic carbocycles. The van der Waals surface area contributed by atoms with E-state index in [1.54, 1.807) is 14.1 Å². The van der Waals surface area contributed by atoms with Crippen molar-refractivity contribution in [2.24, 2.45) is 0 Å². The molecule has 2 aliphatic rings. The maximum Gasteiger partial charge on any atom is 0.338 e. The molecule has 0 spiro atoms. The van der Waals surface area contributed by atoms with Crippen molar-refractivity contribution >= 4 is 27.8 Å². The quantitative estimate of drug-likeness (QED) is 0.789. The van der Waals surface area contributed by atoms with Crippen LogP contribution in [0, 0.1) is 5.82 Å². The molecular formula is C16H20FN3O5S. The maximum atomic E-state index is 14.0. The second kappa shape index (κ2) is 6.51. The molecule has 2 N–H and O–H groups in total. The third-order valence-corrected chi connectivity index (χ3v) is 6.52. The summed E-state index contributed by atoms with van der Waals surface area (Å²) in [6.45, 7) is 0. The number of nitrogens with one attached hydrogen (secondary N) is 1. The molecule has 142 valence electrons. The number of fused-ring (bicyclic) bond motifs is 2. The lowest BCUT2D eigenvalue weighted by atomic mass is 10.0. The Morgan fingerprint density at radius 2 is 1.69 bits per heavy atom. The summed E-state index contributed by atoms with van der Waals surface area (Å²) in [5.41, 5.74) is -0.723. The SMILES string of the molecule is CN(C)c1cc(C(=O)O)c(F)cc1C(=O)NS(=O)(=O)N1C2CCC1CC2. The van der Waals surface area contributed by atoms with Crippen LogP contribution in [0.4, 0.5) is 10.1 Å². The molecule has 0 aromatic heterocycles. The standard InChI is InChI=1S/C16H20FN3O5S/c1-19(2)14-8-11(16(22)23)13(17)7-12(14)15(21)18-26(24,25)20-9-3-4-10(20)6-5-9/h7-10H,3-6H2,1-2H3,(H,18,21)(H,22,23). The molecule has 2 saturated heterocycles. The minimum atomic E-state index is -4.05. The van der Waals surface area contributed by atoms with E-state index in [9.17, 15) is 22.4 Å². The van der Waals surface area contributed by atoms with Gasteiger partial charge in [0.15, 0.2) is 0 Å². The lowest BCUT2D eigenvalue weighted by Crippen LogP contribution is -2.46. The van der Waals surface area contributed by atoms with Gasteiger partial charge in [0.1, 0.15) is 5.82 Å². The van der Waals surface area contributed by atoms with Gasteiger partial charge in [-0.05, 0) is 37.8 Å². The van der Waals surface area contributed by atoms with Gasteiger partial charge in [-0.2, -0.15) is 12.7 Å². The highest BCUT2D eigenvalue weighted by atomic mass is 32.2. The molecule has 0 saturated carbocycles. The smallest absolute Gasteiger partial charge is 0.338 e. The van der Waals surface area contributed by atoms with Crippen molar-refractivity contribution in [2.45, 2.75) is 37.8 Å². The van der Waals surface area contributed by atoms with Crippen LogP contribution in [0.1, 0.15) is 46.4 Å². The van der Waals surface area contributed by atoms with Gasteiger partial charge in [-0.3, -0.25) is 4.79 Å². The van der Waals surface area contributed by atoms with E-state index in [1.165, 1.54) is 9.21 Å². The second-order valence-corrected chi connectivity index (χ2v) is 8.35. The van der Waals surface area contributed by atoms with Crippen LogP contribution in [-0.4, -0.2) is 55.9 Å². The summed E-state index contributed by atoms with van der Waals surface area (Å²) in [7, 11) is -0.956. The third-order valence-electron chi connectivity index (χ3n) is 4.93. The summed E-state index contributed by atoms with van der Waals surface area (Å²) in [5, 5.41) is 9.04. The van der Waals surface area contributed by atoms with Crippen molar-refractivity contribution in [3.63, 3.8) is 0 Å². The molecule has 26 heavy (non-hydrogen) atoms. The molecule has 8 nitrogen and oxygen atoms in total. The van der Waals surface area contributed by atoms with Gasteiger partial charge in [0.05, 0.1) is 16.8 Å². The van der Waals surface area contributed by atoms with Gasteiger partial charge >= 0.3 is 16.2 Å². The van der Waals surface area contributed by atoms with Crippen LogP contribution in [0.25, 0.3) is 0 Å². The van der Waals surface area contributed by atoms with Gasteiger partial charge in [-0.15, -0.1) is 0 Å². The molecule has 0 unspecified atom stereocenters. The zero-order valence-electron chi connectivity index (χ0n) is 14.4. The predicted octanol–water partition coefficient (Wildman–Crippen LogP) is 1.19. The number of hydrogen-bond donors (Lipinski definition) is 2. The summed E-state index contributed by atoms with van der Waals surface area (Å²) >= 11 is 0. The average molecular weight is 385 g/mol. The number of carboxylic acids is 1. The van der Waals surface area contributed by atoms with E-state index in [0.29, 0.717) is 0 Å². The van der Waals surface area contributed by atoms with Gasteiger partial charge in [0.2, 0.25) is 0 Å². The van der Waals surface area contributed by atoms with Crippen LogP contribution in [0.2, 0.25) is 0 Å². The predicted molar refractivity (Wildman–Crippen MR) is 92.0 cm³/mol. The summed E-state index contributed by atoms with van der Waals surface area (Å²) in [6, 6.07) is 1.55. The van der Waals surface area contributed by atoms with E-state index in [4.69, 9.17) is 5.11 Å². The number of rotatable bonds is 5. The number of amides is 1. The Morgan fingerprint density at radius 1 is 1.15 bits per heavy atom. The Bertz CT molecular complexity index is 851. The molecule has 0 atom stereocenters. The van der Waals surface area contributed by atoms with Crippen LogP contribution in [0.15, 0.2) is 12.1 Å². The number of halogens is 1. The zero-order chi connectivity index (χ0) is 19.2. The number of carbonyl (C=O) groups excluding carboxylic acids is 1. The lowest BCUT2D eigenvalue weighted by molar-refractivity contribution is 0.0691. The molecule has 10 heteroatoms. The molecule has 0 radical (unpaired) electrons. The first-order chi connectivity index (χ1) is 12.1. The first kappa shape index (κ1) is 18.6. The van der Waals surface area contributed by atoms with Gasteiger partial charge < -0.3 is 10.0 Å². The molecule has 1 amide bonds. The first-order valence-electron chi connectivity index (χ1n) is 8.21. The highest BCUT2D eigenvalue weighted by Gasteiger charge is 2.46. The Balaban J connectivity index is 1.92. The van der Waals surface area contributed by atoms with Crippen LogP contribution in [0.5, 0.6) is 0 Å². The van der Waals surface area contributed by atoms with Gasteiger partial charge in [0, 0.05) is 26.2 Å². The molecule has 2 bridgehead atoms. The number of carbonyl (C=O) groups is 2. The fourth-order valence-electron chi connectivity index (χ4n) is 3.76. The fraction of sp³-hybridized carbons (Fsp3) is 0.500. The number of nitrogens with zero attached hydrogens (tertiary/aromatic N) is 2. The van der Waals surface area contributed by atoms with E-state index in [2.05, 4.69) is 0 Å². The summed E-state index contributed by atoms with van der Waals surface area (Å²) in [6.07, 6.45) is 3.07. The number of hydrogen-bond acceptors (Lipinski definition) is 5. The van der Waals surface area contributed by atoms with Crippen LogP contribution in [0.3, 0.4) is 0 Å². The van der Waals surface area contributed by atoms with Crippen LogP contribution >= 0.6 is 0 Å². The average Bonchev–Trinajstić information content (AvgIpc) is 3.14. The summed E-state index contributed by atoms with van der Waals surface area (Å²) < 4.78 is 42.6. The van der Waals surface area contributed by atoms with E-state index >= 15 is 0 Å². The minimum absolute atomic E-state index is 0.107. The molecule has 1 aromatic carbocycles. The molecule has 1 aromatic rings. The molecule has 3 rings (SSSR count). The molecule has 2 heterocycles. The molecule has 2 aliphatic heterocycles. The number of aromatic carboxylic acids is 1. The minimum Gasteiger partial charge on any atom is -0.478 e. The van der Waals surface area contributed by atoms with Crippen molar-refractivity contribution in [1.82, 2.24) is 9.03 Å². The summed E-state index contributed by atoms with van der Waals surface area (Å²) in [4.78, 5) is 25.1. The fourth-order valence-corrected chi connectivity index (χ4v) is 5.42. The molecular weight excluding hydrogens is 365 g/mol. The largest absolute Gasteiger partial charge is 0.478 e. The van der Waals surface area contributed by atoms with Crippen molar-refractivity contribution < 1.29 is 27.5 Å². The van der Waals surface area contributed by atoms with Crippen molar-refractivity contribution in [3.8, 4) is 0 Å². The number of benzene rings is 1. The lowest BCUT2D eigenvalue weighted by Gasteiger charge is -2.23. The van der Waals surface area contributed by atoms with Crippen LogP contribution in [-0.2, 0) is 10.2 Å². The molecule has 2 fully saturated rings. The van der Waals surface area contributed by atoms with Gasteiger partial charge in [-0.25, -0.2) is 13.9 Å². The normalized spacial score (nSPS) is 22.4. The maximum absolute atomic E-state index is 14.0. The van der Waals surface area contributed by atoms with Crippen LogP contribution < -0.4 is 9.62 Å². The monoisotopic (exact) mass is 385 g/mol. The first-order valence-corrected chi connectivity index (χ1v) is 9.65. The van der Waals surface area contributed by atoms with Crippen molar-refractivity contribution in [1.29, 1.82) is 0 Å². The highest BCUT2D eigenvalue weighted by molar-refractivity contribution is 7.87. The number of carboxylic acid groups (broad SMARTS) is 1. The van der Waals surface area contributed by atoms with E-state index in [0.717, 1.165) is 37.8 Å². The van der Waals surface area contributed by atoms with E-state index in [1.807, 2.05) is 4.72 Å². The topological polar surface area (TPSA) is 107 Å². The van der Waals surface area contributed by atoms with Gasteiger partial charge in [-0.1, -0.05) is 0 Å². The van der Waals surface area contributed by atoms with E-state index < -0.39 is 33.5 Å². The second-order valence-electron chi connectivity index (χ2n) is 6.78. The zero-order valence-corrected chi connectivity index (χ0v) is 15.2. The Kier molecular flexibility index (Phi) is 4.65. The Hall–Kier alpha value is -2.20. The highest BCUT2D eigenvalue weighted by Crippen LogP contribution is 2.39. The summed E-state index contributed by atoms with van der Waals surface area (Å²) in [5.74, 6) is -3.57.